The van der Waals surface area contributed by atoms with Gasteiger partial charge in [0, 0.05) is 17.3 Å². The molecular weight excluding hydrogens is 216 g/mol. The van der Waals surface area contributed by atoms with Gasteiger partial charge in [-0.05, 0) is 31.6 Å². The van der Waals surface area contributed by atoms with Gasteiger partial charge in [0.15, 0.2) is 5.13 Å². The number of rotatable bonds is 4. The lowest BCUT2D eigenvalue weighted by Crippen LogP contribution is -2.09. The zero-order valence-electron chi connectivity index (χ0n) is 10.5. The number of thiazole rings is 1. The van der Waals surface area contributed by atoms with Crippen LogP contribution in [0.25, 0.3) is 0 Å². The molecule has 2 nitrogen and oxygen atoms in total. The second kappa shape index (κ2) is 5.17. The van der Waals surface area contributed by atoms with Crippen molar-refractivity contribution in [1.29, 1.82) is 0 Å². The molecule has 1 aromatic heterocycles. The molecule has 0 aliphatic heterocycles. The molecule has 2 rings (SSSR count). The van der Waals surface area contributed by atoms with E-state index in [1.807, 2.05) is 11.3 Å². The van der Waals surface area contributed by atoms with Crippen LogP contribution in [0.1, 0.15) is 56.5 Å². The third-order valence-electron chi connectivity index (χ3n) is 3.23. The van der Waals surface area contributed by atoms with Crippen LogP contribution in [-0.4, -0.2) is 11.5 Å². The summed E-state index contributed by atoms with van der Waals surface area (Å²) in [4.78, 5) is 6.31. The zero-order valence-corrected chi connectivity index (χ0v) is 11.4. The van der Waals surface area contributed by atoms with E-state index >= 15 is 0 Å². The molecule has 1 aliphatic rings. The fraction of sp³-hybridized carbons (Fsp3) is 0.769. The normalized spacial score (nSPS) is 19.9. The van der Waals surface area contributed by atoms with E-state index < -0.39 is 0 Å². The Kier molecular flexibility index (Phi) is 3.85. The maximum Gasteiger partial charge on any atom is 0.183 e. The molecule has 0 radical (unpaired) electrons. The fourth-order valence-electron chi connectivity index (χ4n) is 2.27. The Bertz CT molecular complexity index is 344. The minimum atomic E-state index is 0.683. The number of hydrogen-bond acceptors (Lipinski definition) is 3. The summed E-state index contributed by atoms with van der Waals surface area (Å²) in [5.41, 5.74) is 1.39. The summed E-state index contributed by atoms with van der Waals surface area (Å²) in [5, 5.41) is 4.59. The molecule has 1 heterocycles. The first kappa shape index (κ1) is 11.9. The Balaban J connectivity index is 2.09. The van der Waals surface area contributed by atoms with Crippen LogP contribution in [-0.2, 0) is 6.42 Å². The predicted octanol–water partition coefficient (Wildman–Crippen LogP) is 4.04. The largest absolute Gasteiger partial charge is 0.361 e. The summed E-state index contributed by atoms with van der Waals surface area (Å²) in [6, 6.07) is 0. The number of anilines is 1. The van der Waals surface area contributed by atoms with Crippen LogP contribution in [0, 0.1) is 5.92 Å². The number of nitrogens with one attached hydrogen (secondary N) is 1. The standard InChI is InChI=1S/C13H22N2S/c1-4-10-6-5-7-11-12(10)15-13(16-11)14-8-9(2)3/h9-10H,4-8H2,1-3H3,(H,14,15). The smallest absolute Gasteiger partial charge is 0.183 e. The van der Waals surface area contributed by atoms with Gasteiger partial charge in [0.1, 0.15) is 0 Å². The Labute approximate surface area is 102 Å². The predicted molar refractivity (Wildman–Crippen MR) is 71.4 cm³/mol. The zero-order chi connectivity index (χ0) is 11.5. The molecular formula is C13H22N2S. The van der Waals surface area contributed by atoms with Crippen LogP contribution >= 0.6 is 11.3 Å². The second-order valence-corrected chi connectivity index (χ2v) is 6.18. The molecule has 1 aliphatic carbocycles. The summed E-state index contributed by atoms with van der Waals surface area (Å²) >= 11 is 1.87. The molecule has 1 atom stereocenters. The number of aromatic nitrogens is 1. The number of hydrogen-bond donors (Lipinski definition) is 1. The molecule has 0 saturated heterocycles. The molecule has 1 unspecified atom stereocenters. The number of aryl methyl sites for hydroxylation is 1. The lowest BCUT2D eigenvalue weighted by Gasteiger charge is -2.18. The fourth-order valence-corrected chi connectivity index (χ4v) is 3.37. The highest BCUT2D eigenvalue weighted by Gasteiger charge is 2.23. The van der Waals surface area contributed by atoms with Gasteiger partial charge in [0.2, 0.25) is 0 Å². The lowest BCUT2D eigenvalue weighted by atomic mass is 9.89. The van der Waals surface area contributed by atoms with E-state index in [1.165, 1.54) is 36.3 Å². The van der Waals surface area contributed by atoms with Crippen LogP contribution in [0.4, 0.5) is 5.13 Å². The topological polar surface area (TPSA) is 24.9 Å². The summed E-state index contributed by atoms with van der Waals surface area (Å²) in [7, 11) is 0. The minimum Gasteiger partial charge on any atom is -0.361 e. The molecule has 1 N–H and O–H groups in total. The van der Waals surface area contributed by atoms with Crippen LogP contribution in [0.5, 0.6) is 0 Å². The van der Waals surface area contributed by atoms with E-state index in [-0.39, 0.29) is 0 Å². The van der Waals surface area contributed by atoms with Crippen molar-refractivity contribution in [2.24, 2.45) is 5.92 Å². The molecule has 0 saturated carbocycles. The van der Waals surface area contributed by atoms with E-state index in [0.29, 0.717) is 5.92 Å². The van der Waals surface area contributed by atoms with Crippen molar-refractivity contribution in [2.75, 3.05) is 11.9 Å². The van der Waals surface area contributed by atoms with Gasteiger partial charge in [-0.3, -0.25) is 0 Å². The van der Waals surface area contributed by atoms with Crippen LogP contribution < -0.4 is 5.32 Å². The van der Waals surface area contributed by atoms with Crippen molar-refractivity contribution in [3.8, 4) is 0 Å². The first-order valence-corrected chi connectivity index (χ1v) is 7.25. The highest BCUT2D eigenvalue weighted by atomic mass is 32.1. The SMILES string of the molecule is CCC1CCCc2sc(NCC(C)C)nc21. The minimum absolute atomic E-state index is 0.683. The van der Waals surface area contributed by atoms with Crippen LogP contribution in [0.15, 0.2) is 0 Å². The highest BCUT2D eigenvalue weighted by Crippen LogP contribution is 2.38. The molecule has 0 aromatic carbocycles. The summed E-state index contributed by atoms with van der Waals surface area (Å²) in [6.45, 7) is 7.77. The van der Waals surface area contributed by atoms with Gasteiger partial charge in [-0.15, -0.1) is 11.3 Å². The van der Waals surface area contributed by atoms with Gasteiger partial charge in [0.05, 0.1) is 5.69 Å². The molecule has 1 aromatic rings. The van der Waals surface area contributed by atoms with E-state index in [1.54, 1.807) is 0 Å². The van der Waals surface area contributed by atoms with Crippen molar-refractivity contribution < 1.29 is 0 Å². The Morgan fingerprint density at radius 1 is 1.50 bits per heavy atom. The van der Waals surface area contributed by atoms with Crippen molar-refractivity contribution >= 4 is 16.5 Å². The van der Waals surface area contributed by atoms with E-state index in [2.05, 4.69) is 26.1 Å². The second-order valence-electron chi connectivity index (χ2n) is 5.10. The average Bonchev–Trinajstić information content (AvgIpc) is 2.68. The van der Waals surface area contributed by atoms with Crippen molar-refractivity contribution in [1.82, 2.24) is 4.98 Å². The number of fused-ring (bicyclic) bond motifs is 1. The van der Waals surface area contributed by atoms with E-state index in [4.69, 9.17) is 4.98 Å². The third-order valence-corrected chi connectivity index (χ3v) is 4.31. The molecule has 90 valence electrons. The molecule has 0 bridgehead atoms. The maximum atomic E-state index is 4.78. The first-order valence-electron chi connectivity index (χ1n) is 6.44. The maximum absolute atomic E-state index is 4.78. The molecule has 3 heteroatoms. The van der Waals surface area contributed by atoms with Crippen molar-refractivity contribution in [3.63, 3.8) is 0 Å². The average molecular weight is 238 g/mol. The van der Waals surface area contributed by atoms with Gasteiger partial charge in [-0.1, -0.05) is 20.8 Å². The Hall–Kier alpha value is -0.570. The van der Waals surface area contributed by atoms with E-state index in [0.717, 1.165) is 17.6 Å². The first-order chi connectivity index (χ1) is 7.70. The molecule has 0 amide bonds. The Morgan fingerprint density at radius 2 is 2.31 bits per heavy atom. The third kappa shape index (κ3) is 2.57. The van der Waals surface area contributed by atoms with Crippen molar-refractivity contribution in [2.45, 2.75) is 52.4 Å². The number of nitrogens with zero attached hydrogens (tertiary/aromatic N) is 1. The van der Waals surface area contributed by atoms with Crippen LogP contribution in [0.2, 0.25) is 0 Å². The molecule has 0 spiro atoms. The summed E-state index contributed by atoms with van der Waals surface area (Å²) in [5.74, 6) is 1.40. The lowest BCUT2D eigenvalue weighted by molar-refractivity contribution is 0.533. The molecule has 16 heavy (non-hydrogen) atoms. The van der Waals surface area contributed by atoms with E-state index in [9.17, 15) is 0 Å². The van der Waals surface area contributed by atoms with Gasteiger partial charge in [0.25, 0.3) is 0 Å². The quantitative estimate of drug-likeness (QED) is 0.856. The van der Waals surface area contributed by atoms with Crippen LogP contribution in [0.3, 0.4) is 0 Å². The highest BCUT2D eigenvalue weighted by molar-refractivity contribution is 7.15. The van der Waals surface area contributed by atoms with Gasteiger partial charge < -0.3 is 5.32 Å². The Morgan fingerprint density at radius 3 is 3.00 bits per heavy atom. The summed E-state index contributed by atoms with van der Waals surface area (Å²) < 4.78 is 0. The van der Waals surface area contributed by atoms with Gasteiger partial charge in [-0.2, -0.15) is 0 Å². The summed E-state index contributed by atoms with van der Waals surface area (Å²) in [6.07, 6.45) is 5.15. The molecule has 0 fully saturated rings. The van der Waals surface area contributed by atoms with Gasteiger partial charge >= 0.3 is 0 Å². The van der Waals surface area contributed by atoms with Crippen molar-refractivity contribution in [3.05, 3.63) is 10.6 Å². The monoisotopic (exact) mass is 238 g/mol. The van der Waals surface area contributed by atoms with Gasteiger partial charge in [-0.25, -0.2) is 4.98 Å².